The predicted octanol–water partition coefficient (Wildman–Crippen LogP) is 3.34. The lowest BCUT2D eigenvalue weighted by atomic mass is 9.95. The van der Waals surface area contributed by atoms with Crippen LogP contribution in [0.4, 0.5) is 0 Å². The first kappa shape index (κ1) is 22.2. The van der Waals surface area contributed by atoms with Crippen LogP contribution in [0.1, 0.15) is 30.0 Å². The number of carbonyl (C=O) groups excluding carboxylic acids is 2. The Balaban J connectivity index is 2.14. The van der Waals surface area contributed by atoms with Gasteiger partial charge in [-0.25, -0.2) is 0 Å². The average Bonchev–Trinajstić information content (AvgIpc) is 2.99. The van der Waals surface area contributed by atoms with Gasteiger partial charge in [-0.1, -0.05) is 17.7 Å². The van der Waals surface area contributed by atoms with E-state index in [1.54, 1.807) is 0 Å². The highest BCUT2D eigenvalue weighted by atomic mass is 35.5. The van der Waals surface area contributed by atoms with Crippen molar-refractivity contribution in [3.8, 4) is 11.5 Å². The summed E-state index contributed by atoms with van der Waals surface area (Å²) in [6.45, 7) is -0.0118. The largest absolute Gasteiger partial charge is 0.507 e. The minimum Gasteiger partial charge on any atom is -0.507 e. The van der Waals surface area contributed by atoms with Crippen LogP contribution in [-0.2, 0) is 14.4 Å². The Kier molecular flexibility index (Phi) is 6.50. The number of carbonyl (C=O) groups is 3. The van der Waals surface area contributed by atoms with E-state index in [2.05, 4.69) is 0 Å². The number of aromatic hydroxyl groups is 1. The molecule has 3 rings (SSSR count). The number of methoxy groups -OCH3 is 1. The topological polar surface area (TPSA) is 124 Å². The third-order valence-electron chi connectivity index (χ3n) is 4.97. The number of ketones is 1. The summed E-state index contributed by atoms with van der Waals surface area (Å²) >= 11 is 5.89. The lowest BCUT2D eigenvalue weighted by Crippen LogP contribution is -2.31. The van der Waals surface area contributed by atoms with E-state index in [4.69, 9.17) is 21.4 Å². The van der Waals surface area contributed by atoms with Crippen LogP contribution >= 0.6 is 11.6 Å². The third-order valence-corrected chi connectivity index (χ3v) is 5.22. The molecule has 9 heteroatoms. The summed E-state index contributed by atoms with van der Waals surface area (Å²) in [5.74, 6) is -3.15. The second kappa shape index (κ2) is 9.09. The van der Waals surface area contributed by atoms with Crippen molar-refractivity contribution in [2.24, 2.45) is 0 Å². The molecule has 8 nitrogen and oxygen atoms in total. The maximum atomic E-state index is 12.9. The molecule has 1 aliphatic rings. The molecule has 3 N–H and O–H groups in total. The van der Waals surface area contributed by atoms with Crippen molar-refractivity contribution < 1.29 is 34.4 Å². The highest BCUT2D eigenvalue weighted by Crippen LogP contribution is 2.41. The van der Waals surface area contributed by atoms with Gasteiger partial charge in [0, 0.05) is 23.6 Å². The normalized spacial score (nSPS) is 17.7. The number of hydrogen-bond donors (Lipinski definition) is 3. The second-order valence-electron chi connectivity index (χ2n) is 6.93. The van der Waals surface area contributed by atoms with Crippen molar-refractivity contribution in [3.63, 3.8) is 0 Å². The average molecular weight is 446 g/mol. The van der Waals surface area contributed by atoms with Crippen LogP contribution in [0.3, 0.4) is 0 Å². The third kappa shape index (κ3) is 4.49. The fraction of sp³-hybridized carbons (Fsp3) is 0.227. The molecular weight excluding hydrogens is 426 g/mol. The molecule has 2 aromatic carbocycles. The number of halogens is 1. The van der Waals surface area contributed by atoms with Crippen LogP contribution < -0.4 is 4.74 Å². The van der Waals surface area contributed by atoms with Gasteiger partial charge >= 0.3 is 5.97 Å². The lowest BCUT2D eigenvalue weighted by Gasteiger charge is -2.25. The summed E-state index contributed by atoms with van der Waals surface area (Å²) in [6, 6.07) is 9.45. The number of likely N-dealkylation sites (tertiary alicyclic amines) is 1. The van der Waals surface area contributed by atoms with Crippen molar-refractivity contribution in [2.45, 2.75) is 18.9 Å². The first-order chi connectivity index (χ1) is 14.7. The number of phenolic OH excluding ortho intramolecular Hbond substituents is 1. The van der Waals surface area contributed by atoms with E-state index in [-0.39, 0.29) is 42.2 Å². The Morgan fingerprint density at radius 2 is 1.81 bits per heavy atom. The maximum Gasteiger partial charge on any atom is 0.303 e. The van der Waals surface area contributed by atoms with E-state index in [1.807, 2.05) is 0 Å². The van der Waals surface area contributed by atoms with Gasteiger partial charge in [-0.05, 0) is 48.4 Å². The number of carboxylic acids is 1. The molecule has 0 aliphatic carbocycles. The molecule has 1 aliphatic heterocycles. The second-order valence-corrected chi connectivity index (χ2v) is 7.36. The number of Topliss-reactive ketones (excluding diaryl/α,β-unsaturated/α-hetero) is 1. The van der Waals surface area contributed by atoms with Crippen LogP contribution in [0.5, 0.6) is 11.5 Å². The van der Waals surface area contributed by atoms with Crippen molar-refractivity contribution in [1.82, 2.24) is 4.90 Å². The smallest absolute Gasteiger partial charge is 0.303 e. The van der Waals surface area contributed by atoms with Crippen LogP contribution in [0, 0.1) is 0 Å². The molecule has 0 spiro atoms. The quantitative estimate of drug-likeness (QED) is 0.339. The molecule has 1 atom stereocenters. The van der Waals surface area contributed by atoms with Crippen LogP contribution in [-0.4, -0.2) is 51.5 Å². The number of rotatable bonds is 7. The minimum atomic E-state index is -1.03. The standard InChI is InChI=1S/C22H20ClNO7/c1-31-16-11-13(6-9-15(16)25)19-18(20(28)12-4-7-14(23)8-5-12)21(29)22(30)24(19)10-2-3-17(26)27/h4-9,11,19,25,28H,2-3,10H2,1H3,(H,26,27)/t19-/m1/s1. The molecular formula is C22H20ClNO7. The minimum absolute atomic E-state index is 0.0118. The van der Waals surface area contributed by atoms with Gasteiger partial charge < -0.3 is 25.0 Å². The Morgan fingerprint density at radius 3 is 2.42 bits per heavy atom. The fourth-order valence-corrected chi connectivity index (χ4v) is 3.61. The molecule has 0 bridgehead atoms. The Bertz CT molecular complexity index is 1060. The van der Waals surface area contributed by atoms with E-state index < -0.39 is 23.7 Å². The highest BCUT2D eigenvalue weighted by Gasteiger charge is 2.46. The molecule has 0 saturated carbocycles. The SMILES string of the molecule is COc1cc([C@@H]2C(=C(O)c3ccc(Cl)cc3)C(=O)C(=O)N2CCCC(=O)O)ccc1O. The highest BCUT2D eigenvalue weighted by molar-refractivity contribution is 6.46. The van der Waals surface area contributed by atoms with Gasteiger partial charge in [-0.2, -0.15) is 0 Å². The van der Waals surface area contributed by atoms with Gasteiger partial charge in [0.15, 0.2) is 11.5 Å². The number of ether oxygens (including phenoxy) is 1. The number of aliphatic hydroxyl groups is 1. The maximum absolute atomic E-state index is 12.9. The summed E-state index contributed by atoms with van der Waals surface area (Å²) in [5, 5.41) is 30.2. The lowest BCUT2D eigenvalue weighted by molar-refractivity contribution is -0.140. The van der Waals surface area contributed by atoms with Gasteiger partial charge in [0.25, 0.3) is 11.7 Å². The van der Waals surface area contributed by atoms with Crippen LogP contribution in [0.15, 0.2) is 48.0 Å². The Labute approximate surface area is 182 Å². The number of phenols is 1. The van der Waals surface area contributed by atoms with E-state index in [0.29, 0.717) is 16.1 Å². The number of nitrogens with zero attached hydrogens (tertiary/aromatic N) is 1. The number of benzene rings is 2. The van der Waals surface area contributed by atoms with Gasteiger partial charge in [-0.3, -0.25) is 14.4 Å². The summed E-state index contributed by atoms with van der Waals surface area (Å²) in [5.41, 5.74) is 0.568. The van der Waals surface area contributed by atoms with Crippen molar-refractivity contribution in [3.05, 3.63) is 64.2 Å². The molecule has 2 aromatic rings. The zero-order chi connectivity index (χ0) is 22.7. The van der Waals surface area contributed by atoms with Crippen LogP contribution in [0.2, 0.25) is 5.02 Å². The molecule has 31 heavy (non-hydrogen) atoms. The van der Waals surface area contributed by atoms with Gasteiger partial charge in [-0.15, -0.1) is 0 Å². The predicted molar refractivity (Wildman–Crippen MR) is 112 cm³/mol. The van der Waals surface area contributed by atoms with Crippen molar-refractivity contribution in [2.75, 3.05) is 13.7 Å². The molecule has 0 radical (unpaired) electrons. The molecule has 1 amide bonds. The zero-order valence-corrected chi connectivity index (χ0v) is 17.3. The Hall–Kier alpha value is -3.52. The van der Waals surface area contributed by atoms with E-state index in [1.165, 1.54) is 54.5 Å². The molecule has 1 saturated heterocycles. The van der Waals surface area contributed by atoms with Gasteiger partial charge in [0.1, 0.15) is 5.76 Å². The van der Waals surface area contributed by atoms with Gasteiger partial charge in [0.2, 0.25) is 0 Å². The van der Waals surface area contributed by atoms with E-state index in [9.17, 15) is 24.6 Å². The first-order valence-corrected chi connectivity index (χ1v) is 9.75. The molecule has 1 heterocycles. The number of aliphatic hydroxyl groups excluding tert-OH is 1. The number of amides is 1. The molecule has 0 unspecified atom stereocenters. The summed E-state index contributed by atoms with van der Waals surface area (Å²) in [6.07, 6.45) is -0.0686. The van der Waals surface area contributed by atoms with Crippen molar-refractivity contribution >= 4 is 35.0 Å². The summed E-state index contributed by atoms with van der Waals surface area (Å²) < 4.78 is 5.13. The Morgan fingerprint density at radius 1 is 1.13 bits per heavy atom. The summed E-state index contributed by atoms with van der Waals surface area (Å²) in [4.78, 5) is 37.8. The monoisotopic (exact) mass is 445 g/mol. The molecule has 1 fully saturated rings. The summed E-state index contributed by atoms with van der Waals surface area (Å²) in [7, 11) is 1.36. The first-order valence-electron chi connectivity index (χ1n) is 9.37. The molecule has 162 valence electrons. The van der Waals surface area contributed by atoms with Gasteiger partial charge in [0.05, 0.1) is 18.7 Å². The van der Waals surface area contributed by atoms with E-state index in [0.717, 1.165) is 0 Å². The van der Waals surface area contributed by atoms with Crippen LogP contribution in [0.25, 0.3) is 5.76 Å². The van der Waals surface area contributed by atoms with E-state index >= 15 is 0 Å². The number of hydrogen-bond acceptors (Lipinski definition) is 6. The number of aliphatic carboxylic acids is 1. The fourth-order valence-electron chi connectivity index (χ4n) is 3.49. The number of carboxylic acid groups (broad SMARTS) is 1. The zero-order valence-electron chi connectivity index (χ0n) is 16.5. The molecule has 0 aromatic heterocycles. The van der Waals surface area contributed by atoms with Crippen molar-refractivity contribution in [1.29, 1.82) is 0 Å².